The molecule has 1 rings (SSSR count). The van der Waals surface area contributed by atoms with Crippen molar-refractivity contribution < 1.29 is 0 Å². The summed E-state index contributed by atoms with van der Waals surface area (Å²) < 4.78 is 0. The van der Waals surface area contributed by atoms with E-state index in [1.165, 1.54) is 5.56 Å². The Labute approximate surface area is 86.5 Å². The first kappa shape index (κ1) is 12.2. The molecule has 1 aromatic rings. The van der Waals surface area contributed by atoms with Crippen LogP contribution in [0.15, 0.2) is 36.4 Å². The molecule has 0 atom stereocenters. The number of rotatable bonds is 3. The molecule has 0 unspecified atom stereocenters. The highest BCUT2D eigenvalue weighted by Gasteiger charge is 1.83. The van der Waals surface area contributed by atoms with Crippen molar-refractivity contribution in [2.45, 2.75) is 0 Å². The average Bonchev–Trinajstić information content (AvgIpc) is 2.05. The Balaban J connectivity index is 0.00000144. The minimum absolute atomic E-state index is 0. The fraction of sp³-hybridized carbons (Fsp3) is 0.273. The predicted octanol–water partition coefficient (Wildman–Crippen LogP) is 2.68. The summed E-state index contributed by atoms with van der Waals surface area (Å²) in [6.07, 6.45) is 4.30. The van der Waals surface area contributed by atoms with Crippen molar-refractivity contribution in [2.75, 3.05) is 20.6 Å². The van der Waals surface area contributed by atoms with Gasteiger partial charge < -0.3 is 4.90 Å². The zero-order chi connectivity index (χ0) is 8.81. The van der Waals surface area contributed by atoms with Gasteiger partial charge in [0.2, 0.25) is 0 Å². The first-order valence-electron chi connectivity index (χ1n) is 4.15. The van der Waals surface area contributed by atoms with Crippen LogP contribution >= 0.6 is 12.4 Å². The van der Waals surface area contributed by atoms with Crippen molar-refractivity contribution in [1.29, 1.82) is 0 Å². The number of nitrogens with zero attached hydrogens (tertiary/aromatic N) is 1. The lowest BCUT2D eigenvalue weighted by atomic mass is 10.2. The van der Waals surface area contributed by atoms with E-state index in [-0.39, 0.29) is 12.4 Å². The van der Waals surface area contributed by atoms with E-state index < -0.39 is 0 Å². The Kier molecular flexibility index (Phi) is 6.29. The normalized spacial score (nSPS) is 10.4. The van der Waals surface area contributed by atoms with Gasteiger partial charge in [-0.15, -0.1) is 12.4 Å². The summed E-state index contributed by atoms with van der Waals surface area (Å²) in [6.45, 7) is 0.995. The molecule has 0 saturated carbocycles. The molecule has 0 amide bonds. The Hall–Kier alpha value is -0.790. The summed E-state index contributed by atoms with van der Waals surface area (Å²) in [5, 5.41) is 0. The second-order valence-electron chi connectivity index (χ2n) is 3.08. The lowest BCUT2D eigenvalue weighted by Crippen LogP contribution is -2.10. The molecule has 0 aromatic heterocycles. The van der Waals surface area contributed by atoms with Crippen LogP contribution in [0.3, 0.4) is 0 Å². The third-order valence-corrected chi connectivity index (χ3v) is 1.58. The number of benzene rings is 1. The molecule has 1 nitrogen and oxygen atoms in total. The standard InChI is InChI=1S/C11H15N.ClH/c1-12(2)10-6-9-11-7-4-3-5-8-11;/h3-9H,10H2,1-2H3;1H/b9-6+;. The minimum atomic E-state index is 0. The van der Waals surface area contributed by atoms with Crippen LogP contribution in [0.25, 0.3) is 6.08 Å². The maximum absolute atomic E-state index is 2.16. The maximum Gasteiger partial charge on any atom is 0.0160 e. The molecule has 1 aromatic carbocycles. The van der Waals surface area contributed by atoms with E-state index in [0.717, 1.165) is 6.54 Å². The van der Waals surface area contributed by atoms with Gasteiger partial charge in [-0.1, -0.05) is 42.5 Å². The lowest BCUT2D eigenvalue weighted by Gasteiger charge is -2.03. The molecule has 0 aliphatic heterocycles. The fourth-order valence-electron chi connectivity index (χ4n) is 0.964. The maximum atomic E-state index is 2.16. The van der Waals surface area contributed by atoms with Gasteiger partial charge in [0, 0.05) is 6.54 Å². The summed E-state index contributed by atoms with van der Waals surface area (Å²) in [4.78, 5) is 2.14. The highest BCUT2D eigenvalue weighted by molar-refractivity contribution is 5.85. The fourth-order valence-corrected chi connectivity index (χ4v) is 0.964. The van der Waals surface area contributed by atoms with Crippen molar-refractivity contribution in [3.05, 3.63) is 42.0 Å². The molecule has 72 valence electrons. The van der Waals surface area contributed by atoms with Gasteiger partial charge in [-0.05, 0) is 19.7 Å². The Morgan fingerprint density at radius 2 is 1.77 bits per heavy atom. The largest absolute Gasteiger partial charge is 0.306 e. The van der Waals surface area contributed by atoms with Crippen LogP contribution in [-0.2, 0) is 0 Å². The van der Waals surface area contributed by atoms with Crippen LogP contribution in [0, 0.1) is 0 Å². The molecule has 0 aliphatic rings. The number of hydrogen-bond donors (Lipinski definition) is 0. The van der Waals surface area contributed by atoms with Crippen LogP contribution < -0.4 is 0 Å². The van der Waals surface area contributed by atoms with Crippen molar-refractivity contribution >= 4 is 18.5 Å². The number of hydrogen-bond acceptors (Lipinski definition) is 1. The molecule has 0 spiro atoms. The van der Waals surface area contributed by atoms with Gasteiger partial charge in [0.05, 0.1) is 0 Å². The second kappa shape index (κ2) is 6.70. The van der Waals surface area contributed by atoms with Gasteiger partial charge in [0.15, 0.2) is 0 Å². The molecule has 2 heteroatoms. The van der Waals surface area contributed by atoms with Gasteiger partial charge in [-0.2, -0.15) is 0 Å². The van der Waals surface area contributed by atoms with E-state index in [1.807, 2.05) is 6.07 Å². The van der Waals surface area contributed by atoms with Gasteiger partial charge in [0.25, 0.3) is 0 Å². The Morgan fingerprint density at radius 1 is 1.15 bits per heavy atom. The molecule has 0 bridgehead atoms. The molecule has 13 heavy (non-hydrogen) atoms. The summed E-state index contributed by atoms with van der Waals surface area (Å²) >= 11 is 0. The lowest BCUT2D eigenvalue weighted by molar-refractivity contribution is 0.457. The molecule has 0 N–H and O–H groups in total. The number of likely N-dealkylation sites (N-methyl/N-ethyl adjacent to an activating group) is 1. The summed E-state index contributed by atoms with van der Waals surface area (Å²) in [5.41, 5.74) is 1.26. The molecule has 0 heterocycles. The van der Waals surface area contributed by atoms with E-state index in [9.17, 15) is 0 Å². The first-order valence-corrected chi connectivity index (χ1v) is 4.15. The highest BCUT2D eigenvalue weighted by Crippen LogP contribution is 2.00. The molecular formula is C11H16ClN. The summed E-state index contributed by atoms with van der Waals surface area (Å²) in [5.74, 6) is 0. The van der Waals surface area contributed by atoms with Gasteiger partial charge in [-0.3, -0.25) is 0 Å². The zero-order valence-electron chi connectivity index (χ0n) is 8.10. The SMILES string of the molecule is CN(C)C/C=C/c1ccccc1.Cl. The van der Waals surface area contributed by atoms with Crippen LogP contribution in [0.1, 0.15) is 5.56 Å². The van der Waals surface area contributed by atoms with Crippen LogP contribution in [-0.4, -0.2) is 25.5 Å². The molecule has 0 saturated heterocycles. The Morgan fingerprint density at radius 3 is 2.31 bits per heavy atom. The predicted molar refractivity (Wildman–Crippen MR) is 61.3 cm³/mol. The first-order chi connectivity index (χ1) is 5.79. The molecular weight excluding hydrogens is 182 g/mol. The zero-order valence-corrected chi connectivity index (χ0v) is 8.92. The quantitative estimate of drug-likeness (QED) is 0.720. The van der Waals surface area contributed by atoms with Crippen molar-refractivity contribution in [3.8, 4) is 0 Å². The summed E-state index contributed by atoms with van der Waals surface area (Å²) in [7, 11) is 4.13. The highest BCUT2D eigenvalue weighted by atomic mass is 35.5. The molecule has 0 fully saturated rings. The minimum Gasteiger partial charge on any atom is -0.306 e. The van der Waals surface area contributed by atoms with Crippen molar-refractivity contribution in [3.63, 3.8) is 0 Å². The van der Waals surface area contributed by atoms with E-state index in [2.05, 4.69) is 55.4 Å². The van der Waals surface area contributed by atoms with Gasteiger partial charge in [-0.25, -0.2) is 0 Å². The van der Waals surface area contributed by atoms with E-state index in [4.69, 9.17) is 0 Å². The third kappa shape index (κ3) is 5.45. The third-order valence-electron chi connectivity index (χ3n) is 1.58. The van der Waals surface area contributed by atoms with Crippen molar-refractivity contribution in [1.82, 2.24) is 4.90 Å². The van der Waals surface area contributed by atoms with E-state index >= 15 is 0 Å². The second-order valence-corrected chi connectivity index (χ2v) is 3.08. The van der Waals surface area contributed by atoms with E-state index in [1.54, 1.807) is 0 Å². The van der Waals surface area contributed by atoms with Crippen molar-refractivity contribution in [2.24, 2.45) is 0 Å². The van der Waals surface area contributed by atoms with Crippen LogP contribution in [0.4, 0.5) is 0 Å². The molecule has 0 aliphatic carbocycles. The van der Waals surface area contributed by atoms with Crippen LogP contribution in [0.2, 0.25) is 0 Å². The Bertz CT molecular complexity index is 242. The number of halogens is 1. The average molecular weight is 198 g/mol. The summed E-state index contributed by atoms with van der Waals surface area (Å²) in [6, 6.07) is 10.3. The van der Waals surface area contributed by atoms with E-state index in [0.29, 0.717) is 0 Å². The van der Waals surface area contributed by atoms with Gasteiger partial charge in [0.1, 0.15) is 0 Å². The monoisotopic (exact) mass is 197 g/mol. The van der Waals surface area contributed by atoms with Crippen LogP contribution in [0.5, 0.6) is 0 Å². The molecule has 0 radical (unpaired) electrons. The van der Waals surface area contributed by atoms with Gasteiger partial charge >= 0.3 is 0 Å². The topological polar surface area (TPSA) is 3.24 Å². The smallest absolute Gasteiger partial charge is 0.0160 e.